The summed E-state index contributed by atoms with van der Waals surface area (Å²) in [7, 11) is -3.24. The quantitative estimate of drug-likeness (QED) is 0.836. The highest BCUT2D eigenvalue weighted by molar-refractivity contribution is 7.93. The van der Waals surface area contributed by atoms with E-state index < -0.39 is 19.8 Å². The van der Waals surface area contributed by atoms with Crippen LogP contribution in [0.4, 0.5) is 0 Å². The zero-order valence-corrected chi connectivity index (χ0v) is 15.3. The SMILES string of the molecule is CC(C)(C)S(=O)(=O)[C@H]1CCN(C(=O)CCc2ccc(C#N)cc2)C1. The number of benzene rings is 1. The van der Waals surface area contributed by atoms with Gasteiger partial charge in [-0.2, -0.15) is 5.26 Å². The number of carbonyl (C=O) groups excluding carboxylic acids is 1. The molecule has 0 unspecified atom stereocenters. The Morgan fingerprint density at radius 2 is 1.92 bits per heavy atom. The molecule has 1 amide bonds. The molecule has 6 heteroatoms. The normalized spacial score (nSPS) is 18.4. The van der Waals surface area contributed by atoms with Gasteiger partial charge in [-0.05, 0) is 51.3 Å². The molecule has 1 aromatic carbocycles. The van der Waals surface area contributed by atoms with E-state index in [0.717, 1.165) is 5.56 Å². The van der Waals surface area contributed by atoms with E-state index in [1.54, 1.807) is 37.8 Å². The monoisotopic (exact) mass is 348 g/mol. The first-order chi connectivity index (χ1) is 11.1. The van der Waals surface area contributed by atoms with E-state index in [0.29, 0.717) is 37.9 Å². The highest BCUT2D eigenvalue weighted by Crippen LogP contribution is 2.27. The standard InChI is InChI=1S/C18H24N2O3S/c1-18(2,3)24(22,23)16-10-11-20(13-16)17(21)9-8-14-4-6-15(12-19)7-5-14/h4-7,16H,8-11,13H2,1-3H3/t16-/m0/s1. The third-order valence-electron chi connectivity index (χ3n) is 4.50. The Labute approximate surface area is 144 Å². The van der Waals surface area contributed by atoms with E-state index in [-0.39, 0.29) is 5.91 Å². The van der Waals surface area contributed by atoms with E-state index >= 15 is 0 Å². The molecule has 1 aliphatic heterocycles. The van der Waals surface area contributed by atoms with Crippen LogP contribution in [-0.4, -0.2) is 42.3 Å². The molecule has 0 bridgehead atoms. The van der Waals surface area contributed by atoms with Gasteiger partial charge in [-0.15, -0.1) is 0 Å². The summed E-state index contributed by atoms with van der Waals surface area (Å²) < 4.78 is 24.2. The predicted octanol–water partition coefficient (Wildman–Crippen LogP) is 2.31. The van der Waals surface area contributed by atoms with Crippen molar-refractivity contribution >= 4 is 15.7 Å². The van der Waals surface area contributed by atoms with Gasteiger partial charge in [0.15, 0.2) is 9.84 Å². The lowest BCUT2D eigenvalue weighted by molar-refractivity contribution is -0.130. The van der Waals surface area contributed by atoms with Crippen molar-refractivity contribution in [1.82, 2.24) is 4.90 Å². The van der Waals surface area contributed by atoms with E-state index in [4.69, 9.17) is 5.26 Å². The van der Waals surface area contributed by atoms with Gasteiger partial charge in [0.1, 0.15) is 0 Å². The van der Waals surface area contributed by atoms with Gasteiger partial charge < -0.3 is 4.90 Å². The van der Waals surface area contributed by atoms with E-state index in [2.05, 4.69) is 6.07 Å². The number of likely N-dealkylation sites (tertiary alicyclic amines) is 1. The van der Waals surface area contributed by atoms with Crippen molar-refractivity contribution in [3.8, 4) is 6.07 Å². The van der Waals surface area contributed by atoms with Gasteiger partial charge in [-0.3, -0.25) is 4.79 Å². The average molecular weight is 348 g/mol. The molecule has 1 fully saturated rings. The summed E-state index contributed by atoms with van der Waals surface area (Å²) in [5, 5.41) is 8.32. The first-order valence-corrected chi connectivity index (χ1v) is 9.70. The fraction of sp³-hybridized carbons (Fsp3) is 0.556. The zero-order chi connectivity index (χ0) is 18.0. The zero-order valence-electron chi connectivity index (χ0n) is 14.4. The lowest BCUT2D eigenvalue weighted by atomic mass is 10.1. The second-order valence-electron chi connectivity index (χ2n) is 7.22. The van der Waals surface area contributed by atoms with E-state index in [1.807, 2.05) is 12.1 Å². The largest absolute Gasteiger partial charge is 0.341 e. The molecule has 2 rings (SSSR count). The van der Waals surface area contributed by atoms with Crippen molar-refractivity contribution in [1.29, 1.82) is 5.26 Å². The van der Waals surface area contributed by atoms with Crippen LogP contribution in [0.5, 0.6) is 0 Å². The molecule has 0 N–H and O–H groups in total. The topological polar surface area (TPSA) is 78.2 Å². The molecule has 5 nitrogen and oxygen atoms in total. The first-order valence-electron chi connectivity index (χ1n) is 8.15. The van der Waals surface area contributed by atoms with Gasteiger partial charge in [-0.25, -0.2) is 8.42 Å². The molecule has 1 heterocycles. The summed E-state index contributed by atoms with van der Waals surface area (Å²) in [6.07, 6.45) is 1.47. The Kier molecular flexibility index (Phi) is 5.34. The summed E-state index contributed by atoms with van der Waals surface area (Å²) in [6.45, 7) is 5.92. The van der Waals surface area contributed by atoms with Crippen molar-refractivity contribution in [3.05, 3.63) is 35.4 Å². The first kappa shape index (κ1) is 18.5. The Morgan fingerprint density at radius 3 is 2.46 bits per heavy atom. The summed E-state index contributed by atoms with van der Waals surface area (Å²) in [5.74, 6) is -0.00836. The number of nitrogens with zero attached hydrogens (tertiary/aromatic N) is 2. The van der Waals surface area contributed by atoms with Crippen LogP contribution in [0.2, 0.25) is 0 Å². The van der Waals surface area contributed by atoms with E-state index in [9.17, 15) is 13.2 Å². The molecule has 1 aliphatic rings. The Bertz CT molecular complexity index is 740. The number of aryl methyl sites for hydroxylation is 1. The van der Waals surface area contributed by atoms with Gasteiger partial charge in [0.05, 0.1) is 21.6 Å². The van der Waals surface area contributed by atoms with Crippen LogP contribution < -0.4 is 0 Å². The van der Waals surface area contributed by atoms with Crippen molar-refractivity contribution in [3.63, 3.8) is 0 Å². The fourth-order valence-corrected chi connectivity index (χ4v) is 4.66. The lowest BCUT2D eigenvalue weighted by Crippen LogP contribution is -2.39. The van der Waals surface area contributed by atoms with Crippen molar-refractivity contribution in [2.45, 2.75) is 50.0 Å². The molecule has 0 saturated carbocycles. The molecule has 0 aliphatic carbocycles. The highest BCUT2D eigenvalue weighted by Gasteiger charge is 2.41. The number of nitriles is 1. The third kappa shape index (κ3) is 3.96. The lowest BCUT2D eigenvalue weighted by Gasteiger charge is -2.24. The molecular formula is C18H24N2O3S. The molecule has 0 radical (unpaired) electrons. The molecular weight excluding hydrogens is 324 g/mol. The highest BCUT2D eigenvalue weighted by atomic mass is 32.2. The molecule has 1 saturated heterocycles. The Morgan fingerprint density at radius 1 is 1.29 bits per heavy atom. The number of hydrogen-bond acceptors (Lipinski definition) is 4. The molecule has 0 spiro atoms. The maximum absolute atomic E-state index is 12.5. The summed E-state index contributed by atoms with van der Waals surface area (Å²) in [5.41, 5.74) is 1.60. The second kappa shape index (κ2) is 6.94. The van der Waals surface area contributed by atoms with Crippen LogP contribution in [0.25, 0.3) is 0 Å². The van der Waals surface area contributed by atoms with Gasteiger partial charge in [-0.1, -0.05) is 12.1 Å². The number of hydrogen-bond donors (Lipinski definition) is 0. The van der Waals surface area contributed by atoms with Crippen LogP contribution >= 0.6 is 0 Å². The molecule has 130 valence electrons. The van der Waals surface area contributed by atoms with Crippen molar-refractivity contribution in [2.75, 3.05) is 13.1 Å². The number of carbonyl (C=O) groups is 1. The van der Waals surface area contributed by atoms with Gasteiger partial charge in [0, 0.05) is 19.5 Å². The maximum atomic E-state index is 12.5. The minimum Gasteiger partial charge on any atom is -0.341 e. The van der Waals surface area contributed by atoms with Crippen molar-refractivity contribution < 1.29 is 13.2 Å². The summed E-state index contributed by atoms with van der Waals surface area (Å²) in [6, 6.07) is 9.24. The Balaban J connectivity index is 1.91. The smallest absolute Gasteiger partial charge is 0.222 e. The number of amides is 1. The summed E-state index contributed by atoms with van der Waals surface area (Å²) in [4.78, 5) is 14.0. The van der Waals surface area contributed by atoms with Gasteiger partial charge in [0.25, 0.3) is 0 Å². The van der Waals surface area contributed by atoms with Crippen LogP contribution in [0.1, 0.15) is 44.7 Å². The maximum Gasteiger partial charge on any atom is 0.222 e. The third-order valence-corrected chi connectivity index (χ3v) is 7.47. The second-order valence-corrected chi connectivity index (χ2v) is 10.2. The van der Waals surface area contributed by atoms with E-state index in [1.165, 1.54) is 0 Å². The molecule has 1 atom stereocenters. The van der Waals surface area contributed by atoms with Crippen LogP contribution in [0.15, 0.2) is 24.3 Å². The van der Waals surface area contributed by atoms with Gasteiger partial charge >= 0.3 is 0 Å². The van der Waals surface area contributed by atoms with Crippen molar-refractivity contribution in [2.24, 2.45) is 0 Å². The Hall–Kier alpha value is -1.87. The van der Waals surface area contributed by atoms with Crippen LogP contribution in [0, 0.1) is 11.3 Å². The number of rotatable bonds is 4. The van der Waals surface area contributed by atoms with Crippen LogP contribution in [0.3, 0.4) is 0 Å². The molecule has 0 aromatic heterocycles. The number of sulfone groups is 1. The molecule has 1 aromatic rings. The fourth-order valence-electron chi connectivity index (χ4n) is 2.86. The van der Waals surface area contributed by atoms with Crippen LogP contribution in [-0.2, 0) is 21.1 Å². The average Bonchev–Trinajstić information content (AvgIpc) is 3.02. The predicted molar refractivity (Wildman–Crippen MR) is 93.1 cm³/mol. The van der Waals surface area contributed by atoms with Gasteiger partial charge in [0.2, 0.25) is 5.91 Å². The minimum atomic E-state index is -3.24. The minimum absolute atomic E-state index is 0.00836. The molecule has 24 heavy (non-hydrogen) atoms. The summed E-state index contributed by atoms with van der Waals surface area (Å²) >= 11 is 0.